The number of ether oxygens (including phenoxy) is 2. The molecule has 0 aliphatic carbocycles. The van der Waals surface area contributed by atoms with Crippen molar-refractivity contribution in [1.29, 1.82) is 0 Å². The Morgan fingerprint density at radius 1 is 0.815 bits per heavy atom. The van der Waals surface area contributed by atoms with E-state index in [9.17, 15) is 19.8 Å². The molecule has 2 aromatic carbocycles. The molecule has 1 aliphatic heterocycles. The molecule has 4 rings (SSSR count). The summed E-state index contributed by atoms with van der Waals surface area (Å²) in [5.41, 5.74) is 0.875. The van der Waals surface area contributed by atoms with E-state index in [1.807, 2.05) is 0 Å². The van der Waals surface area contributed by atoms with Crippen LogP contribution >= 0.6 is 11.7 Å². The molecule has 1 aromatic heterocycles. The summed E-state index contributed by atoms with van der Waals surface area (Å²) >= 11 is 0.998. The quantitative estimate of drug-likeness (QED) is 0.520. The van der Waals surface area contributed by atoms with Crippen LogP contribution in [0.15, 0.2) is 36.4 Å². The van der Waals surface area contributed by atoms with Gasteiger partial charge >= 0.3 is 11.9 Å². The van der Waals surface area contributed by atoms with Gasteiger partial charge in [-0.05, 0) is 35.4 Å². The highest BCUT2D eigenvalue weighted by Crippen LogP contribution is 2.36. The molecule has 9 heteroatoms. The first-order valence-corrected chi connectivity index (χ1v) is 8.61. The SMILES string of the molecule is O=C(O)C(=C(C(=O)O)c1ccc2nsnc2c1)c1ccc2c(c1)OCCO2. The largest absolute Gasteiger partial charge is 0.486 e. The molecule has 0 amide bonds. The molecule has 0 unspecified atom stereocenters. The summed E-state index contributed by atoms with van der Waals surface area (Å²) in [6.07, 6.45) is 0. The molecule has 3 aromatic rings. The Kier molecular flexibility index (Phi) is 4.21. The molecular weight excluding hydrogens is 372 g/mol. The number of carbonyl (C=O) groups is 2. The number of carboxylic acids is 2. The topological polar surface area (TPSA) is 119 Å². The lowest BCUT2D eigenvalue weighted by atomic mass is 9.94. The van der Waals surface area contributed by atoms with Gasteiger partial charge in [0.2, 0.25) is 0 Å². The van der Waals surface area contributed by atoms with Crippen LogP contribution in [-0.2, 0) is 9.59 Å². The van der Waals surface area contributed by atoms with E-state index in [4.69, 9.17) is 9.47 Å². The minimum Gasteiger partial charge on any atom is -0.486 e. The maximum Gasteiger partial charge on any atom is 0.337 e. The average molecular weight is 384 g/mol. The Labute approximate surface area is 156 Å². The van der Waals surface area contributed by atoms with Gasteiger partial charge in [-0.1, -0.05) is 12.1 Å². The van der Waals surface area contributed by atoms with Crippen LogP contribution in [-0.4, -0.2) is 44.1 Å². The second-order valence-corrected chi connectivity index (χ2v) is 6.21. The molecule has 0 fully saturated rings. The van der Waals surface area contributed by atoms with Crippen LogP contribution in [0.5, 0.6) is 11.5 Å². The molecule has 0 atom stereocenters. The van der Waals surface area contributed by atoms with Crippen LogP contribution in [0.4, 0.5) is 0 Å². The molecule has 8 nitrogen and oxygen atoms in total. The number of benzene rings is 2. The number of hydrogen-bond donors (Lipinski definition) is 2. The Morgan fingerprint density at radius 2 is 1.41 bits per heavy atom. The number of aromatic nitrogens is 2. The van der Waals surface area contributed by atoms with Gasteiger partial charge in [0.1, 0.15) is 24.2 Å². The minimum atomic E-state index is -1.36. The number of rotatable bonds is 4. The lowest BCUT2D eigenvalue weighted by Gasteiger charge is -2.19. The lowest BCUT2D eigenvalue weighted by molar-refractivity contribution is -0.132. The van der Waals surface area contributed by atoms with Gasteiger partial charge in [-0.25, -0.2) is 9.59 Å². The summed E-state index contributed by atoms with van der Waals surface area (Å²) in [6.45, 7) is 0.734. The third-order valence-corrected chi connectivity index (χ3v) is 4.61. The van der Waals surface area contributed by atoms with E-state index >= 15 is 0 Å². The van der Waals surface area contributed by atoms with Gasteiger partial charge in [-0.15, -0.1) is 0 Å². The monoisotopic (exact) mass is 384 g/mol. The molecular formula is C18H12N2O6S. The number of hydrogen-bond acceptors (Lipinski definition) is 7. The number of aliphatic carboxylic acids is 2. The fourth-order valence-electron chi connectivity index (χ4n) is 2.89. The van der Waals surface area contributed by atoms with Crippen LogP contribution in [0.1, 0.15) is 11.1 Å². The van der Waals surface area contributed by atoms with Crippen LogP contribution in [0, 0.1) is 0 Å². The van der Waals surface area contributed by atoms with Gasteiger partial charge in [-0.3, -0.25) is 0 Å². The van der Waals surface area contributed by atoms with Gasteiger partial charge in [0.05, 0.1) is 22.9 Å². The molecule has 27 heavy (non-hydrogen) atoms. The van der Waals surface area contributed by atoms with Gasteiger partial charge in [0, 0.05) is 0 Å². The van der Waals surface area contributed by atoms with Crippen molar-refractivity contribution in [1.82, 2.24) is 8.75 Å². The molecule has 2 N–H and O–H groups in total. The number of nitrogens with zero attached hydrogens (tertiary/aromatic N) is 2. The third-order valence-electron chi connectivity index (χ3n) is 4.05. The van der Waals surface area contributed by atoms with Crippen molar-refractivity contribution in [3.05, 3.63) is 47.5 Å². The van der Waals surface area contributed by atoms with Gasteiger partial charge in [0.25, 0.3) is 0 Å². The second-order valence-electron chi connectivity index (χ2n) is 5.69. The Morgan fingerprint density at radius 3 is 2.11 bits per heavy atom. The molecule has 2 heterocycles. The smallest absolute Gasteiger partial charge is 0.337 e. The fraction of sp³-hybridized carbons (Fsp3) is 0.111. The van der Waals surface area contributed by atoms with E-state index in [0.717, 1.165) is 11.7 Å². The van der Waals surface area contributed by atoms with E-state index in [1.54, 1.807) is 12.1 Å². The van der Waals surface area contributed by atoms with E-state index in [0.29, 0.717) is 35.7 Å². The highest BCUT2D eigenvalue weighted by atomic mass is 32.1. The van der Waals surface area contributed by atoms with E-state index in [2.05, 4.69) is 8.75 Å². The summed E-state index contributed by atoms with van der Waals surface area (Å²) in [5, 5.41) is 19.5. The van der Waals surface area contributed by atoms with E-state index in [1.165, 1.54) is 24.3 Å². The summed E-state index contributed by atoms with van der Waals surface area (Å²) in [5.74, 6) is -1.85. The van der Waals surface area contributed by atoms with Crippen molar-refractivity contribution in [3.63, 3.8) is 0 Å². The zero-order valence-electron chi connectivity index (χ0n) is 13.7. The predicted molar refractivity (Wildman–Crippen MR) is 96.9 cm³/mol. The first-order chi connectivity index (χ1) is 13.0. The Bertz CT molecular complexity index is 1100. The van der Waals surface area contributed by atoms with Crippen molar-refractivity contribution in [2.24, 2.45) is 0 Å². The molecule has 0 bridgehead atoms. The third kappa shape index (κ3) is 3.08. The van der Waals surface area contributed by atoms with Crippen molar-refractivity contribution < 1.29 is 29.3 Å². The molecule has 0 saturated carbocycles. The van der Waals surface area contributed by atoms with Crippen molar-refractivity contribution in [3.8, 4) is 11.5 Å². The van der Waals surface area contributed by atoms with Crippen LogP contribution < -0.4 is 9.47 Å². The van der Waals surface area contributed by atoms with Crippen LogP contribution in [0.3, 0.4) is 0 Å². The first kappa shape index (κ1) is 17.0. The number of carboxylic acid groups (broad SMARTS) is 2. The average Bonchev–Trinajstić information content (AvgIpc) is 3.12. The van der Waals surface area contributed by atoms with Gasteiger partial charge in [-0.2, -0.15) is 8.75 Å². The van der Waals surface area contributed by atoms with Crippen molar-refractivity contribution in [2.45, 2.75) is 0 Å². The molecule has 0 spiro atoms. The van der Waals surface area contributed by atoms with Gasteiger partial charge < -0.3 is 19.7 Å². The maximum atomic E-state index is 12.0. The Balaban J connectivity index is 1.93. The predicted octanol–water partition coefficient (Wildman–Crippen LogP) is 2.54. The second kappa shape index (κ2) is 6.69. The summed E-state index contributed by atoms with van der Waals surface area (Å²) in [7, 11) is 0. The minimum absolute atomic E-state index is 0.209. The summed E-state index contributed by atoms with van der Waals surface area (Å²) in [4.78, 5) is 24.0. The van der Waals surface area contributed by atoms with Crippen LogP contribution in [0.2, 0.25) is 0 Å². The lowest BCUT2D eigenvalue weighted by Crippen LogP contribution is -2.16. The van der Waals surface area contributed by atoms with E-state index in [-0.39, 0.29) is 22.3 Å². The highest BCUT2D eigenvalue weighted by Gasteiger charge is 2.25. The van der Waals surface area contributed by atoms with Crippen molar-refractivity contribution >= 4 is 45.8 Å². The number of fused-ring (bicyclic) bond motifs is 2. The summed E-state index contributed by atoms with van der Waals surface area (Å²) < 4.78 is 19.1. The van der Waals surface area contributed by atoms with Gasteiger partial charge in [0.15, 0.2) is 11.5 Å². The van der Waals surface area contributed by atoms with E-state index < -0.39 is 11.9 Å². The fourth-order valence-corrected chi connectivity index (χ4v) is 3.40. The molecule has 0 radical (unpaired) electrons. The zero-order chi connectivity index (χ0) is 19.0. The van der Waals surface area contributed by atoms with Crippen LogP contribution in [0.25, 0.3) is 22.2 Å². The molecule has 1 aliphatic rings. The molecule has 0 saturated heterocycles. The first-order valence-electron chi connectivity index (χ1n) is 7.88. The highest BCUT2D eigenvalue weighted by molar-refractivity contribution is 7.00. The normalized spacial score (nSPS) is 13.9. The maximum absolute atomic E-state index is 12.0. The summed E-state index contributed by atoms with van der Waals surface area (Å²) in [6, 6.07) is 9.20. The molecule has 136 valence electrons. The zero-order valence-corrected chi connectivity index (χ0v) is 14.5. The standard InChI is InChI=1S/C18H12N2O6S/c21-17(22)15(9-1-3-11-12(7-9)20-27-19-11)16(18(23)24)10-2-4-13-14(8-10)26-6-5-25-13/h1-4,7-8H,5-6H2,(H,21,22)(H,23,24). The Hall–Kier alpha value is -3.46. The van der Waals surface area contributed by atoms with Crippen molar-refractivity contribution in [2.75, 3.05) is 13.2 Å².